The first-order valence-electron chi connectivity index (χ1n) is 5.66. The molecule has 1 heterocycles. The molecule has 0 atom stereocenters. The second-order valence-corrected chi connectivity index (χ2v) is 3.70. The van der Waals surface area contributed by atoms with E-state index in [1.165, 1.54) is 12.1 Å². The Hall–Kier alpha value is -1.95. The van der Waals surface area contributed by atoms with E-state index in [1.807, 2.05) is 6.92 Å². The zero-order valence-electron chi connectivity index (χ0n) is 10.0. The molecule has 18 heavy (non-hydrogen) atoms. The summed E-state index contributed by atoms with van der Waals surface area (Å²) in [5, 5.41) is 3.82. The van der Waals surface area contributed by atoms with Crippen molar-refractivity contribution in [1.82, 2.24) is 10.1 Å². The first-order valence-corrected chi connectivity index (χ1v) is 5.66. The van der Waals surface area contributed by atoms with Crippen molar-refractivity contribution in [3.05, 3.63) is 29.8 Å². The quantitative estimate of drug-likeness (QED) is 0.650. The van der Waals surface area contributed by atoms with Crippen LogP contribution in [0.1, 0.15) is 12.7 Å². The van der Waals surface area contributed by atoms with Gasteiger partial charge < -0.3 is 15.0 Å². The molecule has 0 saturated carbocycles. The number of benzene rings is 1. The van der Waals surface area contributed by atoms with Crippen LogP contribution >= 0.6 is 0 Å². The van der Waals surface area contributed by atoms with Gasteiger partial charge in [-0.3, -0.25) is 0 Å². The van der Waals surface area contributed by atoms with E-state index in [9.17, 15) is 4.39 Å². The van der Waals surface area contributed by atoms with Crippen molar-refractivity contribution in [2.75, 3.05) is 18.9 Å². The van der Waals surface area contributed by atoms with Gasteiger partial charge in [-0.2, -0.15) is 4.98 Å². The minimum absolute atomic E-state index is 0.0570. The molecule has 96 valence electrons. The van der Waals surface area contributed by atoms with Crippen LogP contribution in [0.25, 0.3) is 11.5 Å². The Morgan fingerprint density at radius 3 is 3.00 bits per heavy atom. The molecule has 0 fully saturated rings. The molecule has 1 aromatic carbocycles. The van der Waals surface area contributed by atoms with Crippen LogP contribution in [-0.4, -0.2) is 23.4 Å². The predicted molar refractivity (Wildman–Crippen MR) is 64.3 cm³/mol. The highest BCUT2D eigenvalue weighted by atomic mass is 19.1. The van der Waals surface area contributed by atoms with Gasteiger partial charge in [-0.1, -0.05) is 5.16 Å². The molecule has 2 rings (SSSR count). The van der Waals surface area contributed by atoms with E-state index in [0.29, 0.717) is 36.9 Å². The minimum atomic E-state index is -0.463. The summed E-state index contributed by atoms with van der Waals surface area (Å²) in [5.41, 5.74) is 6.14. The average molecular weight is 251 g/mol. The van der Waals surface area contributed by atoms with Crippen LogP contribution < -0.4 is 5.73 Å². The monoisotopic (exact) mass is 251 g/mol. The Morgan fingerprint density at radius 1 is 1.44 bits per heavy atom. The van der Waals surface area contributed by atoms with Crippen molar-refractivity contribution in [3.8, 4) is 11.5 Å². The highest BCUT2D eigenvalue weighted by Gasteiger charge is 2.10. The third kappa shape index (κ3) is 2.84. The third-order valence-electron chi connectivity index (χ3n) is 2.39. The summed E-state index contributed by atoms with van der Waals surface area (Å²) in [6.45, 7) is 3.11. The van der Waals surface area contributed by atoms with E-state index in [4.69, 9.17) is 15.0 Å². The maximum Gasteiger partial charge on any atom is 0.257 e. The molecule has 0 aliphatic heterocycles. The molecule has 2 N–H and O–H groups in total. The van der Waals surface area contributed by atoms with Crippen LogP contribution in [0, 0.1) is 5.82 Å². The molecule has 6 heteroatoms. The number of rotatable bonds is 5. The van der Waals surface area contributed by atoms with Crippen molar-refractivity contribution < 1.29 is 13.7 Å². The molecule has 0 spiro atoms. The van der Waals surface area contributed by atoms with Crippen LogP contribution in [0.4, 0.5) is 10.1 Å². The Labute approximate surface area is 104 Å². The maximum absolute atomic E-state index is 13.0. The van der Waals surface area contributed by atoms with Gasteiger partial charge in [0.25, 0.3) is 5.89 Å². The second-order valence-electron chi connectivity index (χ2n) is 3.70. The van der Waals surface area contributed by atoms with Gasteiger partial charge in [0.15, 0.2) is 5.82 Å². The Bertz CT molecular complexity index is 528. The van der Waals surface area contributed by atoms with Crippen molar-refractivity contribution in [3.63, 3.8) is 0 Å². The zero-order valence-corrected chi connectivity index (χ0v) is 10.0. The highest BCUT2D eigenvalue weighted by molar-refractivity contribution is 5.59. The lowest BCUT2D eigenvalue weighted by molar-refractivity contribution is 0.149. The molecule has 0 unspecified atom stereocenters. The van der Waals surface area contributed by atoms with Crippen LogP contribution in [0.2, 0.25) is 0 Å². The van der Waals surface area contributed by atoms with Crippen molar-refractivity contribution in [1.29, 1.82) is 0 Å². The van der Waals surface area contributed by atoms with Gasteiger partial charge in [-0.25, -0.2) is 4.39 Å². The highest BCUT2D eigenvalue weighted by Crippen LogP contribution is 2.21. The van der Waals surface area contributed by atoms with Gasteiger partial charge in [0.05, 0.1) is 12.3 Å². The van der Waals surface area contributed by atoms with Gasteiger partial charge in [0, 0.05) is 18.6 Å². The van der Waals surface area contributed by atoms with E-state index in [2.05, 4.69) is 10.1 Å². The smallest absolute Gasteiger partial charge is 0.257 e. The summed E-state index contributed by atoms with van der Waals surface area (Å²) < 4.78 is 23.3. The molecule has 0 radical (unpaired) electrons. The lowest BCUT2D eigenvalue weighted by atomic mass is 10.2. The summed E-state index contributed by atoms with van der Waals surface area (Å²) in [5.74, 6) is 0.421. The Kier molecular flexibility index (Phi) is 3.88. The molecule has 5 nitrogen and oxygen atoms in total. The normalized spacial score (nSPS) is 10.8. The van der Waals surface area contributed by atoms with Gasteiger partial charge in [0.2, 0.25) is 0 Å². The molecular formula is C12H14FN3O2. The number of ether oxygens (including phenoxy) is 1. The van der Waals surface area contributed by atoms with Crippen LogP contribution in [-0.2, 0) is 11.2 Å². The number of hydrogen-bond acceptors (Lipinski definition) is 5. The van der Waals surface area contributed by atoms with E-state index in [0.717, 1.165) is 0 Å². The van der Waals surface area contributed by atoms with E-state index >= 15 is 0 Å². The van der Waals surface area contributed by atoms with Crippen LogP contribution in [0.5, 0.6) is 0 Å². The number of hydrogen-bond donors (Lipinski definition) is 1. The predicted octanol–water partition coefficient (Wildman–Crippen LogP) is 2.04. The van der Waals surface area contributed by atoms with E-state index in [1.54, 1.807) is 6.07 Å². The van der Waals surface area contributed by atoms with Crippen molar-refractivity contribution in [2.45, 2.75) is 13.3 Å². The molecule has 0 aliphatic carbocycles. The third-order valence-corrected chi connectivity index (χ3v) is 2.39. The molecule has 0 bridgehead atoms. The fraction of sp³-hybridized carbons (Fsp3) is 0.333. The SMILES string of the molecule is CCOCCc1noc(-c2ccc(F)c(N)c2)n1. The number of nitrogens with zero attached hydrogens (tertiary/aromatic N) is 2. The molecule has 0 aliphatic rings. The largest absolute Gasteiger partial charge is 0.396 e. The maximum atomic E-state index is 13.0. The van der Waals surface area contributed by atoms with E-state index < -0.39 is 5.82 Å². The van der Waals surface area contributed by atoms with Gasteiger partial charge in [-0.15, -0.1) is 0 Å². The molecule has 2 aromatic rings. The van der Waals surface area contributed by atoms with Gasteiger partial charge >= 0.3 is 0 Å². The fourth-order valence-electron chi connectivity index (χ4n) is 1.46. The van der Waals surface area contributed by atoms with Crippen molar-refractivity contribution >= 4 is 5.69 Å². The summed E-state index contributed by atoms with van der Waals surface area (Å²) in [6, 6.07) is 4.29. The van der Waals surface area contributed by atoms with E-state index in [-0.39, 0.29) is 5.69 Å². The molecule has 0 amide bonds. The van der Waals surface area contributed by atoms with Gasteiger partial charge in [-0.05, 0) is 25.1 Å². The summed E-state index contributed by atoms with van der Waals surface area (Å²) in [6.07, 6.45) is 0.577. The minimum Gasteiger partial charge on any atom is -0.396 e. The topological polar surface area (TPSA) is 74.2 Å². The average Bonchev–Trinajstić information content (AvgIpc) is 2.82. The van der Waals surface area contributed by atoms with Crippen LogP contribution in [0.15, 0.2) is 22.7 Å². The molecular weight excluding hydrogens is 237 g/mol. The van der Waals surface area contributed by atoms with Crippen molar-refractivity contribution in [2.24, 2.45) is 0 Å². The number of halogens is 1. The second kappa shape index (κ2) is 5.59. The summed E-state index contributed by atoms with van der Waals surface area (Å²) in [7, 11) is 0. The lowest BCUT2D eigenvalue weighted by Crippen LogP contribution is -1.99. The number of aromatic nitrogens is 2. The first-order chi connectivity index (χ1) is 8.70. The summed E-state index contributed by atoms with van der Waals surface area (Å²) in [4.78, 5) is 4.19. The fourth-order valence-corrected chi connectivity index (χ4v) is 1.46. The zero-order chi connectivity index (χ0) is 13.0. The Morgan fingerprint density at radius 2 is 2.28 bits per heavy atom. The summed E-state index contributed by atoms with van der Waals surface area (Å²) >= 11 is 0. The first kappa shape index (κ1) is 12.5. The lowest BCUT2D eigenvalue weighted by Gasteiger charge is -1.98. The van der Waals surface area contributed by atoms with Gasteiger partial charge in [0.1, 0.15) is 5.82 Å². The number of anilines is 1. The van der Waals surface area contributed by atoms with Crippen LogP contribution in [0.3, 0.4) is 0 Å². The standard InChI is InChI=1S/C12H14FN3O2/c1-2-17-6-5-11-15-12(18-16-11)8-3-4-9(13)10(14)7-8/h3-4,7H,2,5-6,14H2,1H3. The molecule has 0 saturated heterocycles. The molecule has 1 aromatic heterocycles. The Balaban J connectivity index is 2.11. The number of nitrogens with two attached hydrogens (primary N) is 1. The number of nitrogen functional groups attached to an aromatic ring is 1.